The van der Waals surface area contributed by atoms with Gasteiger partial charge in [-0.3, -0.25) is 19.7 Å². The van der Waals surface area contributed by atoms with E-state index in [1.807, 2.05) is 5.32 Å². The highest BCUT2D eigenvalue weighted by Gasteiger charge is 2.74. The normalized spacial score (nSPS) is 22.9. The molecule has 2 atom stereocenters. The maximum Gasteiger partial charge on any atom is 0.422 e. The summed E-state index contributed by atoms with van der Waals surface area (Å²) in [6, 6.07) is 11.5. The van der Waals surface area contributed by atoms with Crippen LogP contribution < -0.4 is 15.5 Å². The number of amidine groups is 1. The lowest BCUT2D eigenvalue weighted by Crippen LogP contribution is -2.72. The number of nitrogens with zero attached hydrogens (tertiary/aromatic N) is 2. The maximum absolute atomic E-state index is 14.4. The van der Waals surface area contributed by atoms with Crippen LogP contribution in [-0.2, 0) is 9.59 Å². The largest absolute Gasteiger partial charge is 0.422 e. The van der Waals surface area contributed by atoms with Crippen molar-refractivity contribution in [1.29, 1.82) is 0 Å². The molecule has 32 heavy (non-hydrogen) atoms. The number of amides is 5. The number of alkyl halides is 3. The smallest absolute Gasteiger partial charge is 0.329 e. The molecule has 1 saturated heterocycles. The molecule has 12 heteroatoms. The van der Waals surface area contributed by atoms with Crippen LogP contribution in [0.4, 0.5) is 23.7 Å². The fourth-order valence-electron chi connectivity index (χ4n) is 3.60. The first kappa shape index (κ1) is 21.5. The maximum atomic E-state index is 14.4. The van der Waals surface area contributed by atoms with Crippen molar-refractivity contribution in [3.8, 4) is 0 Å². The summed E-state index contributed by atoms with van der Waals surface area (Å²) in [7, 11) is 0. The van der Waals surface area contributed by atoms with Crippen LogP contribution >= 0.6 is 11.6 Å². The summed E-state index contributed by atoms with van der Waals surface area (Å²) in [5, 5.41) is 3.29. The van der Waals surface area contributed by atoms with Crippen molar-refractivity contribution in [3.63, 3.8) is 0 Å². The van der Waals surface area contributed by atoms with Gasteiger partial charge in [-0.1, -0.05) is 41.9 Å². The molecular weight excluding hydrogens is 453 g/mol. The van der Waals surface area contributed by atoms with Gasteiger partial charge in [0, 0.05) is 0 Å². The van der Waals surface area contributed by atoms with E-state index in [0.717, 1.165) is 6.07 Å². The van der Waals surface area contributed by atoms with E-state index in [1.165, 1.54) is 42.5 Å². The molecule has 1 fully saturated rings. The third kappa shape index (κ3) is 3.12. The SMILES string of the molecule is O=C(NC1(C(F)(F)F)C(=O)N=C2C1C(=O)NC(=O)N2c1ccccc1)c1ccccc1Cl. The van der Waals surface area contributed by atoms with Gasteiger partial charge in [0.15, 0.2) is 0 Å². The summed E-state index contributed by atoms with van der Waals surface area (Å²) in [6.45, 7) is 0. The Morgan fingerprint density at radius 2 is 1.69 bits per heavy atom. The van der Waals surface area contributed by atoms with Crippen LogP contribution in [0.2, 0.25) is 5.02 Å². The van der Waals surface area contributed by atoms with Crippen LogP contribution in [0.3, 0.4) is 0 Å². The third-order valence-corrected chi connectivity index (χ3v) is 5.39. The van der Waals surface area contributed by atoms with Crippen LogP contribution in [-0.4, -0.2) is 41.3 Å². The fraction of sp³-hybridized carbons (Fsp3) is 0.150. The average Bonchev–Trinajstić information content (AvgIpc) is 3.02. The Labute approximate surface area is 183 Å². The average molecular weight is 465 g/mol. The quantitative estimate of drug-likeness (QED) is 0.728. The van der Waals surface area contributed by atoms with Gasteiger partial charge in [-0.25, -0.2) is 9.69 Å². The van der Waals surface area contributed by atoms with Crippen molar-refractivity contribution in [1.82, 2.24) is 10.6 Å². The van der Waals surface area contributed by atoms with Gasteiger partial charge >= 0.3 is 12.2 Å². The van der Waals surface area contributed by atoms with Crippen LogP contribution in [0.1, 0.15) is 10.4 Å². The summed E-state index contributed by atoms with van der Waals surface area (Å²) >= 11 is 5.90. The summed E-state index contributed by atoms with van der Waals surface area (Å²) in [4.78, 5) is 54.5. The van der Waals surface area contributed by atoms with E-state index in [0.29, 0.717) is 4.90 Å². The second kappa shape index (κ2) is 7.45. The van der Waals surface area contributed by atoms with Crippen molar-refractivity contribution in [3.05, 3.63) is 65.2 Å². The standard InChI is InChI=1S/C20H12ClF3N4O4/c21-12-9-5-4-8-11(12)15(29)27-19(20(22,23)24)13-14(25-17(19)31)28(18(32)26-16(13)30)10-6-2-1-3-7-10/h1-9,13H,(H,27,29)(H,26,30,32). The van der Waals surface area contributed by atoms with Gasteiger partial charge in [0.25, 0.3) is 11.8 Å². The molecule has 0 radical (unpaired) electrons. The number of para-hydroxylation sites is 1. The van der Waals surface area contributed by atoms with E-state index in [1.54, 1.807) is 11.4 Å². The van der Waals surface area contributed by atoms with E-state index in [2.05, 4.69) is 4.99 Å². The second-order valence-corrected chi connectivity index (χ2v) is 7.32. The minimum Gasteiger partial charge on any atom is -0.329 e. The number of hydrogen-bond acceptors (Lipinski definition) is 4. The predicted octanol–water partition coefficient (Wildman–Crippen LogP) is 2.68. The molecule has 2 aromatic carbocycles. The molecule has 2 aliphatic rings. The summed E-state index contributed by atoms with van der Waals surface area (Å²) in [6.07, 6.45) is -5.45. The first-order valence-electron chi connectivity index (χ1n) is 9.04. The molecule has 2 N–H and O–H groups in total. The molecule has 5 amide bonds. The highest BCUT2D eigenvalue weighted by molar-refractivity contribution is 6.36. The summed E-state index contributed by atoms with van der Waals surface area (Å²) in [5.41, 5.74) is -4.01. The van der Waals surface area contributed by atoms with E-state index < -0.39 is 47.2 Å². The lowest BCUT2D eigenvalue weighted by atomic mass is 9.81. The van der Waals surface area contributed by atoms with Gasteiger partial charge in [0.1, 0.15) is 11.8 Å². The zero-order chi connectivity index (χ0) is 23.3. The Kier molecular flexibility index (Phi) is 5.00. The molecule has 2 aromatic rings. The number of halogens is 4. The number of anilines is 1. The number of rotatable bonds is 3. The van der Waals surface area contributed by atoms with Gasteiger partial charge < -0.3 is 5.32 Å². The van der Waals surface area contributed by atoms with Crippen molar-refractivity contribution in [2.75, 3.05) is 4.90 Å². The Morgan fingerprint density at radius 1 is 1.06 bits per heavy atom. The van der Waals surface area contributed by atoms with E-state index in [-0.39, 0.29) is 16.3 Å². The van der Waals surface area contributed by atoms with Crippen molar-refractivity contribution in [2.24, 2.45) is 10.9 Å². The minimum atomic E-state index is -5.45. The number of imide groups is 1. The second-order valence-electron chi connectivity index (χ2n) is 6.91. The Balaban J connectivity index is 1.84. The third-order valence-electron chi connectivity index (χ3n) is 5.06. The molecule has 2 aliphatic heterocycles. The van der Waals surface area contributed by atoms with E-state index in [9.17, 15) is 32.3 Å². The first-order chi connectivity index (χ1) is 15.1. The highest BCUT2D eigenvalue weighted by Crippen LogP contribution is 2.44. The van der Waals surface area contributed by atoms with E-state index >= 15 is 0 Å². The Hall–Kier alpha value is -3.73. The highest BCUT2D eigenvalue weighted by atomic mass is 35.5. The molecule has 164 valence electrons. The number of aliphatic imine (C=N–C) groups is 1. The van der Waals surface area contributed by atoms with Gasteiger partial charge in [0.2, 0.25) is 11.4 Å². The fourth-order valence-corrected chi connectivity index (χ4v) is 3.83. The molecule has 0 aliphatic carbocycles. The molecule has 0 spiro atoms. The lowest BCUT2D eigenvalue weighted by Gasteiger charge is -2.39. The number of carbonyl (C=O) groups is 4. The minimum absolute atomic E-state index is 0.0736. The van der Waals surface area contributed by atoms with Crippen molar-refractivity contribution in [2.45, 2.75) is 11.7 Å². The van der Waals surface area contributed by atoms with Gasteiger partial charge in [-0.15, -0.1) is 0 Å². The molecule has 2 heterocycles. The van der Waals surface area contributed by atoms with E-state index in [4.69, 9.17) is 11.6 Å². The number of hydrogen-bond donors (Lipinski definition) is 2. The van der Waals surface area contributed by atoms with Gasteiger partial charge in [-0.05, 0) is 24.3 Å². The number of benzene rings is 2. The molecule has 0 aromatic heterocycles. The summed E-state index contributed by atoms with van der Waals surface area (Å²) < 4.78 is 43.2. The molecule has 0 bridgehead atoms. The summed E-state index contributed by atoms with van der Waals surface area (Å²) in [5.74, 6) is -7.69. The Bertz CT molecular complexity index is 1180. The Morgan fingerprint density at radius 3 is 2.31 bits per heavy atom. The van der Waals surface area contributed by atoms with Crippen LogP contribution in [0.15, 0.2) is 59.6 Å². The number of carbonyl (C=O) groups excluding carboxylic acids is 4. The molecule has 2 unspecified atom stereocenters. The number of nitrogens with one attached hydrogen (secondary N) is 2. The lowest BCUT2D eigenvalue weighted by molar-refractivity contribution is -0.201. The van der Waals surface area contributed by atoms with Crippen molar-refractivity contribution < 1.29 is 32.3 Å². The molecule has 4 rings (SSSR count). The van der Waals surface area contributed by atoms with Crippen LogP contribution in [0, 0.1) is 5.92 Å². The number of urea groups is 1. The predicted molar refractivity (Wildman–Crippen MR) is 106 cm³/mol. The topological polar surface area (TPSA) is 108 Å². The van der Waals surface area contributed by atoms with Crippen LogP contribution in [0.25, 0.3) is 0 Å². The van der Waals surface area contributed by atoms with Crippen molar-refractivity contribution >= 4 is 46.9 Å². The van der Waals surface area contributed by atoms with Crippen LogP contribution in [0.5, 0.6) is 0 Å². The van der Waals surface area contributed by atoms with Gasteiger partial charge in [-0.2, -0.15) is 18.2 Å². The van der Waals surface area contributed by atoms with Gasteiger partial charge in [0.05, 0.1) is 16.3 Å². The molecule has 8 nitrogen and oxygen atoms in total. The molecule has 0 saturated carbocycles. The zero-order valence-corrected chi connectivity index (χ0v) is 16.6. The molecular formula is C20H12ClF3N4O4. The zero-order valence-electron chi connectivity index (χ0n) is 15.8. The number of fused-ring (bicyclic) bond motifs is 1. The first-order valence-corrected chi connectivity index (χ1v) is 9.42. The monoisotopic (exact) mass is 464 g/mol.